The lowest BCUT2D eigenvalue weighted by molar-refractivity contribution is -0.137. The largest absolute Gasteiger partial charge is 0.416 e. The Morgan fingerprint density at radius 3 is 2.42 bits per heavy atom. The number of hydrogen-bond acceptors (Lipinski definition) is 5. The molecule has 1 aliphatic rings. The predicted octanol–water partition coefficient (Wildman–Crippen LogP) is 3.59. The third-order valence-electron chi connectivity index (χ3n) is 4.59. The third-order valence-corrected chi connectivity index (χ3v) is 4.59. The fourth-order valence-corrected chi connectivity index (χ4v) is 3.16. The molecule has 0 radical (unpaired) electrons. The molecule has 14 heteroatoms. The van der Waals surface area contributed by atoms with Crippen LogP contribution in [0.2, 0.25) is 0 Å². The Hall–Kier alpha value is -3.58. The second-order valence-corrected chi connectivity index (χ2v) is 7.92. The maximum absolute atomic E-state index is 13.2. The van der Waals surface area contributed by atoms with Crippen molar-refractivity contribution in [2.45, 2.75) is 31.7 Å². The number of carbonyl (C=O) groups excluding carboxylic acids is 2. The van der Waals surface area contributed by atoms with Gasteiger partial charge in [-0.05, 0) is 32.0 Å². The first-order chi connectivity index (χ1) is 15.1. The molecular weight excluding hydrogens is 458 g/mol. The van der Waals surface area contributed by atoms with E-state index in [0.29, 0.717) is 12.1 Å². The number of nitrogens with one attached hydrogen (secondary N) is 1. The van der Waals surface area contributed by atoms with Gasteiger partial charge in [0.15, 0.2) is 0 Å². The van der Waals surface area contributed by atoms with E-state index in [1.807, 2.05) is 0 Å². The molecule has 1 fully saturated rings. The Morgan fingerprint density at radius 1 is 1.24 bits per heavy atom. The smallest absolute Gasteiger partial charge is 0.383 e. The zero-order valence-electron chi connectivity index (χ0n) is 17.3. The van der Waals surface area contributed by atoms with Crippen molar-refractivity contribution in [3.63, 3.8) is 0 Å². The van der Waals surface area contributed by atoms with Gasteiger partial charge < -0.3 is 11.1 Å². The van der Waals surface area contributed by atoms with Crippen LogP contribution in [0.25, 0.3) is 0 Å². The molecule has 0 atom stereocenters. The van der Waals surface area contributed by atoms with Crippen molar-refractivity contribution in [2.75, 3.05) is 28.6 Å². The van der Waals surface area contributed by atoms with Gasteiger partial charge in [-0.3, -0.25) is 14.6 Å². The first-order valence-electron chi connectivity index (χ1n) is 9.35. The summed E-state index contributed by atoms with van der Waals surface area (Å²) in [5.41, 5.74) is 2.70. The Balaban J connectivity index is 1.98. The molecule has 33 heavy (non-hydrogen) atoms. The average molecular weight is 476 g/mol. The fourth-order valence-electron chi connectivity index (χ4n) is 3.16. The highest BCUT2D eigenvalue weighted by atomic mass is 19.4. The normalized spacial score (nSPS) is 16.0. The number of alkyl halides is 6. The van der Waals surface area contributed by atoms with Crippen LogP contribution in [-0.4, -0.2) is 46.7 Å². The molecule has 178 valence electrons. The van der Waals surface area contributed by atoms with Gasteiger partial charge in [-0.25, -0.2) is 9.78 Å². The molecule has 1 aromatic carbocycles. The number of nitrogens with zero attached hydrogens (tertiary/aromatic N) is 4. The van der Waals surface area contributed by atoms with Crippen LogP contribution in [0.4, 0.5) is 48.6 Å². The summed E-state index contributed by atoms with van der Waals surface area (Å²) in [6.45, 7) is 1.74. The van der Waals surface area contributed by atoms with E-state index >= 15 is 0 Å². The molecule has 1 aromatic heterocycles. The lowest BCUT2D eigenvalue weighted by atomic mass is 10.1. The van der Waals surface area contributed by atoms with Gasteiger partial charge in [0.1, 0.15) is 17.9 Å². The second kappa shape index (κ2) is 8.08. The molecule has 2 heterocycles. The van der Waals surface area contributed by atoms with Gasteiger partial charge in [0.05, 0.1) is 17.6 Å². The van der Waals surface area contributed by atoms with E-state index in [9.17, 15) is 35.9 Å². The van der Waals surface area contributed by atoms with E-state index in [2.05, 4.69) is 15.3 Å². The summed E-state index contributed by atoms with van der Waals surface area (Å²) in [5, 5.41) is 2.66. The number of hydrogen-bond donors (Lipinski definition) is 2. The molecule has 8 nitrogen and oxygen atoms in total. The second-order valence-electron chi connectivity index (χ2n) is 7.92. The van der Waals surface area contributed by atoms with Crippen LogP contribution in [0.5, 0.6) is 0 Å². The van der Waals surface area contributed by atoms with Crippen LogP contribution >= 0.6 is 0 Å². The molecule has 0 aliphatic carbocycles. The average Bonchev–Trinajstić information content (AvgIpc) is 2.96. The number of urea groups is 1. The third kappa shape index (κ3) is 5.43. The van der Waals surface area contributed by atoms with Gasteiger partial charge in [0.25, 0.3) is 5.91 Å². The van der Waals surface area contributed by atoms with Crippen LogP contribution in [-0.2, 0) is 6.18 Å². The summed E-state index contributed by atoms with van der Waals surface area (Å²) in [6, 6.07) is 2.35. The van der Waals surface area contributed by atoms with Crippen molar-refractivity contribution in [2.24, 2.45) is 0 Å². The highest BCUT2D eigenvalue weighted by Gasteiger charge is 2.39. The number of benzene rings is 1. The summed E-state index contributed by atoms with van der Waals surface area (Å²) < 4.78 is 78.6. The van der Waals surface area contributed by atoms with Gasteiger partial charge in [-0.15, -0.1) is 0 Å². The number of carbonyl (C=O) groups is 2. The van der Waals surface area contributed by atoms with Crippen molar-refractivity contribution in [3.8, 4) is 0 Å². The quantitative estimate of drug-likeness (QED) is 0.657. The van der Waals surface area contributed by atoms with Gasteiger partial charge in [-0.1, -0.05) is 6.07 Å². The molecular formula is C19H18F6N6O2. The molecule has 0 unspecified atom stereocenters. The highest BCUT2D eigenvalue weighted by Crippen LogP contribution is 2.33. The van der Waals surface area contributed by atoms with Crippen LogP contribution in [0, 0.1) is 0 Å². The van der Waals surface area contributed by atoms with Crippen molar-refractivity contribution < 1.29 is 35.9 Å². The molecule has 3 amide bonds. The van der Waals surface area contributed by atoms with E-state index in [1.165, 1.54) is 0 Å². The standard InChI is InChI=1S/C19H18F6N6O2/c1-17(2)8-31(16(33)29-17)15-27-7-12(13(26)28-15)14(32)30(9-18(20,21)22)11-5-3-4-10(6-11)19(23,24)25/h3-7H,8-9H2,1-2H3,(H,29,33)(H2,26,27,28). The zero-order chi connectivity index (χ0) is 24.8. The fraction of sp³-hybridized carbons (Fsp3) is 0.368. The number of anilines is 3. The Bertz CT molecular complexity index is 1090. The molecule has 2 aromatic rings. The molecule has 1 aliphatic heterocycles. The van der Waals surface area contributed by atoms with Crippen molar-refractivity contribution in [3.05, 3.63) is 41.6 Å². The van der Waals surface area contributed by atoms with E-state index in [0.717, 1.165) is 23.2 Å². The maximum atomic E-state index is 13.2. The topological polar surface area (TPSA) is 104 Å². The van der Waals surface area contributed by atoms with E-state index < -0.39 is 59.0 Å². The Morgan fingerprint density at radius 2 is 1.91 bits per heavy atom. The van der Waals surface area contributed by atoms with Crippen LogP contribution in [0.1, 0.15) is 29.8 Å². The van der Waals surface area contributed by atoms with Crippen molar-refractivity contribution >= 4 is 29.4 Å². The number of nitrogen functional groups attached to an aromatic ring is 1. The minimum atomic E-state index is -4.93. The van der Waals surface area contributed by atoms with Crippen LogP contribution in [0.15, 0.2) is 30.5 Å². The minimum absolute atomic E-state index is 0.107. The van der Waals surface area contributed by atoms with Crippen molar-refractivity contribution in [1.29, 1.82) is 0 Å². The summed E-state index contributed by atoms with van der Waals surface area (Å²) in [4.78, 5) is 33.9. The summed E-state index contributed by atoms with van der Waals surface area (Å²) >= 11 is 0. The number of rotatable bonds is 4. The highest BCUT2D eigenvalue weighted by molar-refractivity contribution is 6.09. The van der Waals surface area contributed by atoms with E-state index in [-0.39, 0.29) is 17.4 Å². The molecule has 1 saturated heterocycles. The Kier molecular flexibility index (Phi) is 5.89. The summed E-state index contributed by atoms with van der Waals surface area (Å²) in [7, 11) is 0. The van der Waals surface area contributed by atoms with Crippen LogP contribution < -0.4 is 20.9 Å². The molecule has 0 bridgehead atoms. The maximum Gasteiger partial charge on any atom is 0.416 e. The number of amides is 3. The van der Waals surface area contributed by atoms with Gasteiger partial charge in [-0.2, -0.15) is 31.3 Å². The number of halogens is 6. The Labute approximate surface area is 183 Å². The monoisotopic (exact) mass is 476 g/mol. The summed E-state index contributed by atoms with van der Waals surface area (Å²) in [6.07, 6.45) is -8.94. The van der Waals surface area contributed by atoms with Crippen molar-refractivity contribution in [1.82, 2.24) is 15.3 Å². The lowest BCUT2D eigenvalue weighted by Gasteiger charge is -2.25. The number of nitrogens with two attached hydrogens (primary N) is 1. The van der Waals surface area contributed by atoms with Gasteiger partial charge in [0, 0.05) is 11.9 Å². The van der Waals surface area contributed by atoms with E-state index in [1.54, 1.807) is 13.8 Å². The molecule has 0 saturated carbocycles. The molecule has 3 N–H and O–H groups in total. The SMILES string of the molecule is CC1(C)CN(c2ncc(C(=O)N(CC(F)(F)F)c3cccc(C(F)(F)F)c3)c(N)n2)C(=O)N1. The lowest BCUT2D eigenvalue weighted by Crippen LogP contribution is -2.40. The molecule has 3 rings (SSSR count). The van der Waals surface area contributed by atoms with E-state index in [4.69, 9.17) is 5.73 Å². The first-order valence-corrected chi connectivity index (χ1v) is 9.35. The number of aromatic nitrogens is 2. The van der Waals surface area contributed by atoms with Crippen LogP contribution in [0.3, 0.4) is 0 Å². The molecule has 0 spiro atoms. The van der Waals surface area contributed by atoms with Gasteiger partial charge >= 0.3 is 18.4 Å². The minimum Gasteiger partial charge on any atom is -0.383 e. The zero-order valence-corrected chi connectivity index (χ0v) is 17.3. The summed E-state index contributed by atoms with van der Waals surface area (Å²) in [5.74, 6) is -2.09. The first kappa shape index (κ1) is 24.1. The van der Waals surface area contributed by atoms with Gasteiger partial charge in [0.2, 0.25) is 5.95 Å². The predicted molar refractivity (Wildman–Crippen MR) is 106 cm³/mol.